The lowest BCUT2D eigenvalue weighted by atomic mass is 10.2. The van der Waals surface area contributed by atoms with Gasteiger partial charge < -0.3 is 5.73 Å². The van der Waals surface area contributed by atoms with Crippen molar-refractivity contribution in [3.8, 4) is 0 Å². The van der Waals surface area contributed by atoms with Gasteiger partial charge in [0.2, 0.25) is 5.91 Å². The van der Waals surface area contributed by atoms with Crippen molar-refractivity contribution in [3.05, 3.63) is 92.5 Å². The summed E-state index contributed by atoms with van der Waals surface area (Å²) >= 11 is 7.17. The number of fused-ring (bicyclic) bond motifs is 1. The number of anilines is 1. The van der Waals surface area contributed by atoms with Crippen LogP contribution in [0.4, 0.5) is 5.69 Å². The normalized spacial score (nSPS) is 11.5. The minimum Gasteiger partial charge on any atom is -0.366 e. The molecule has 0 saturated heterocycles. The minimum atomic E-state index is -3.90. The monoisotopic (exact) mass is 473 g/mol. The maximum Gasteiger partial charge on any atom is 0.308 e. The number of carbonyl (C=O) groups is 1. The van der Waals surface area contributed by atoms with E-state index < -0.39 is 15.9 Å². The average molecular weight is 474 g/mol. The number of sulfonamides is 1. The SMILES string of the molecule is NC(=O)c1ccc(NS(=O)(=O)c2ccc3c(c2)sc(=O)n3Cc2ccccc2Cl)cc1. The minimum absolute atomic E-state index is 0.0186. The van der Waals surface area contributed by atoms with Crippen LogP contribution in [0, 0.1) is 0 Å². The van der Waals surface area contributed by atoms with E-state index in [9.17, 15) is 18.0 Å². The number of carbonyl (C=O) groups excluding carboxylic acids is 1. The number of thiazole rings is 1. The van der Waals surface area contributed by atoms with E-state index in [1.54, 1.807) is 16.7 Å². The third-order valence-corrected chi connectivity index (χ3v) is 7.35. The van der Waals surface area contributed by atoms with E-state index in [4.69, 9.17) is 17.3 Å². The van der Waals surface area contributed by atoms with Gasteiger partial charge in [0.25, 0.3) is 10.0 Å². The van der Waals surface area contributed by atoms with Crippen LogP contribution >= 0.6 is 22.9 Å². The van der Waals surface area contributed by atoms with Crippen molar-refractivity contribution in [1.82, 2.24) is 4.57 Å². The number of halogens is 1. The Labute approximate surface area is 186 Å². The second-order valence-electron chi connectivity index (χ2n) is 6.72. The standard InChI is InChI=1S/C21H16ClN3O4S2/c22-17-4-2-1-3-14(17)12-25-18-10-9-16(11-19(18)30-21(25)27)31(28,29)24-15-7-5-13(6-8-15)20(23)26/h1-11,24H,12H2,(H2,23,26). The summed E-state index contributed by atoms with van der Waals surface area (Å²) < 4.78 is 30.1. The summed E-state index contributed by atoms with van der Waals surface area (Å²) in [7, 11) is -3.90. The Bertz CT molecular complexity index is 1460. The quantitative estimate of drug-likeness (QED) is 0.445. The highest BCUT2D eigenvalue weighted by Gasteiger charge is 2.18. The van der Waals surface area contributed by atoms with Crippen molar-refractivity contribution in [2.75, 3.05) is 4.72 Å². The zero-order valence-electron chi connectivity index (χ0n) is 15.9. The molecule has 1 heterocycles. The van der Waals surface area contributed by atoms with Gasteiger partial charge in [0, 0.05) is 16.3 Å². The van der Waals surface area contributed by atoms with E-state index in [-0.39, 0.29) is 27.6 Å². The fourth-order valence-electron chi connectivity index (χ4n) is 3.08. The smallest absolute Gasteiger partial charge is 0.308 e. The van der Waals surface area contributed by atoms with Crippen LogP contribution in [0.15, 0.2) is 76.4 Å². The first-order chi connectivity index (χ1) is 14.7. The van der Waals surface area contributed by atoms with Crippen molar-refractivity contribution in [2.24, 2.45) is 5.73 Å². The molecule has 0 aliphatic carbocycles. The first-order valence-electron chi connectivity index (χ1n) is 9.04. The predicted molar refractivity (Wildman–Crippen MR) is 122 cm³/mol. The molecular formula is C21H16ClN3O4S2. The molecule has 3 aromatic carbocycles. The van der Waals surface area contributed by atoms with Gasteiger partial charge in [-0.05, 0) is 54.1 Å². The third kappa shape index (κ3) is 4.34. The van der Waals surface area contributed by atoms with Gasteiger partial charge in [0.05, 0.1) is 21.7 Å². The van der Waals surface area contributed by atoms with Crippen LogP contribution < -0.4 is 15.3 Å². The number of primary amides is 1. The van der Waals surface area contributed by atoms with Gasteiger partial charge in [0.1, 0.15) is 0 Å². The lowest BCUT2D eigenvalue weighted by Crippen LogP contribution is -2.15. The van der Waals surface area contributed by atoms with E-state index in [0.717, 1.165) is 16.9 Å². The van der Waals surface area contributed by atoms with Crippen LogP contribution in [-0.4, -0.2) is 18.9 Å². The molecule has 0 bridgehead atoms. The second kappa shape index (κ2) is 8.18. The topological polar surface area (TPSA) is 111 Å². The summed E-state index contributed by atoms with van der Waals surface area (Å²) in [6.07, 6.45) is 0. The molecule has 7 nitrogen and oxygen atoms in total. The number of hydrogen-bond acceptors (Lipinski definition) is 5. The molecule has 1 amide bonds. The number of nitrogens with zero attached hydrogens (tertiary/aromatic N) is 1. The molecule has 0 fully saturated rings. The maximum absolute atomic E-state index is 12.8. The molecule has 0 spiro atoms. The second-order valence-corrected chi connectivity index (χ2v) is 9.80. The van der Waals surface area contributed by atoms with Crippen molar-refractivity contribution >= 4 is 54.8 Å². The molecule has 0 radical (unpaired) electrons. The van der Waals surface area contributed by atoms with Crippen LogP contribution in [0.3, 0.4) is 0 Å². The fraction of sp³-hybridized carbons (Fsp3) is 0.0476. The Balaban J connectivity index is 1.65. The average Bonchev–Trinajstić information content (AvgIpc) is 3.04. The lowest BCUT2D eigenvalue weighted by molar-refractivity contribution is 0.100. The van der Waals surface area contributed by atoms with E-state index in [1.807, 2.05) is 18.2 Å². The van der Waals surface area contributed by atoms with Crippen LogP contribution in [0.2, 0.25) is 5.02 Å². The Morgan fingerprint density at radius 2 is 1.77 bits per heavy atom. The molecule has 10 heteroatoms. The molecule has 4 aromatic rings. The molecule has 4 rings (SSSR count). The van der Waals surface area contributed by atoms with Crippen LogP contribution in [0.25, 0.3) is 10.2 Å². The molecule has 0 aliphatic heterocycles. The van der Waals surface area contributed by atoms with Crippen LogP contribution in [0.5, 0.6) is 0 Å². The number of hydrogen-bond donors (Lipinski definition) is 2. The number of aromatic nitrogens is 1. The van der Waals surface area contributed by atoms with Gasteiger partial charge in [-0.25, -0.2) is 8.42 Å². The molecule has 0 atom stereocenters. The van der Waals surface area contributed by atoms with Crippen LogP contribution in [0.1, 0.15) is 15.9 Å². The summed E-state index contributed by atoms with van der Waals surface area (Å²) in [4.78, 5) is 23.5. The van der Waals surface area contributed by atoms with Gasteiger partial charge in [-0.1, -0.05) is 41.1 Å². The molecule has 0 unspecified atom stereocenters. The highest BCUT2D eigenvalue weighted by atomic mass is 35.5. The summed E-state index contributed by atoms with van der Waals surface area (Å²) in [5.41, 5.74) is 7.17. The molecular weight excluding hydrogens is 458 g/mol. The summed E-state index contributed by atoms with van der Waals surface area (Å²) in [5, 5.41) is 0.555. The zero-order valence-corrected chi connectivity index (χ0v) is 18.3. The third-order valence-electron chi connectivity index (χ3n) is 4.66. The molecule has 0 saturated carbocycles. The van der Waals surface area contributed by atoms with E-state index in [0.29, 0.717) is 15.2 Å². The van der Waals surface area contributed by atoms with Gasteiger partial charge in [-0.3, -0.25) is 18.9 Å². The molecule has 0 aliphatic rings. The summed E-state index contributed by atoms with van der Waals surface area (Å²) in [5.74, 6) is -0.601. The number of nitrogens with two attached hydrogens (primary N) is 1. The Kier molecular flexibility index (Phi) is 5.57. The van der Waals surface area contributed by atoms with Crippen molar-refractivity contribution < 1.29 is 13.2 Å². The number of nitrogens with one attached hydrogen (secondary N) is 1. The predicted octanol–water partition coefficient (Wildman–Crippen LogP) is 3.66. The summed E-state index contributed by atoms with van der Waals surface area (Å²) in [6.45, 7) is 0.287. The molecule has 158 valence electrons. The number of amides is 1. The lowest BCUT2D eigenvalue weighted by Gasteiger charge is -2.09. The number of benzene rings is 3. The molecule has 3 N–H and O–H groups in total. The van der Waals surface area contributed by atoms with Crippen molar-refractivity contribution in [1.29, 1.82) is 0 Å². The van der Waals surface area contributed by atoms with Crippen molar-refractivity contribution in [2.45, 2.75) is 11.4 Å². The van der Waals surface area contributed by atoms with Crippen LogP contribution in [-0.2, 0) is 16.6 Å². The first-order valence-corrected chi connectivity index (χ1v) is 11.7. The van der Waals surface area contributed by atoms with Gasteiger partial charge in [-0.15, -0.1) is 0 Å². The van der Waals surface area contributed by atoms with Crippen molar-refractivity contribution in [3.63, 3.8) is 0 Å². The fourth-order valence-corrected chi connectivity index (χ4v) is 5.36. The highest BCUT2D eigenvalue weighted by Crippen LogP contribution is 2.25. The van der Waals surface area contributed by atoms with E-state index in [2.05, 4.69) is 4.72 Å². The van der Waals surface area contributed by atoms with Gasteiger partial charge in [-0.2, -0.15) is 0 Å². The molecule has 31 heavy (non-hydrogen) atoms. The van der Waals surface area contributed by atoms with Gasteiger partial charge in [0.15, 0.2) is 0 Å². The van der Waals surface area contributed by atoms with E-state index >= 15 is 0 Å². The van der Waals surface area contributed by atoms with Gasteiger partial charge >= 0.3 is 4.87 Å². The zero-order chi connectivity index (χ0) is 22.2. The largest absolute Gasteiger partial charge is 0.366 e. The summed E-state index contributed by atoms with van der Waals surface area (Å²) in [6, 6.07) is 17.5. The highest BCUT2D eigenvalue weighted by molar-refractivity contribution is 7.92. The molecule has 1 aromatic heterocycles. The Hall–Kier alpha value is -3.14. The Morgan fingerprint density at radius 1 is 1.06 bits per heavy atom. The maximum atomic E-state index is 12.8. The first kappa shape index (κ1) is 21.1. The number of rotatable bonds is 6. The Morgan fingerprint density at radius 3 is 2.45 bits per heavy atom. The van der Waals surface area contributed by atoms with E-state index in [1.165, 1.54) is 36.4 Å².